The number of ketones is 1. The van der Waals surface area contributed by atoms with Gasteiger partial charge in [-0.3, -0.25) is 4.79 Å². The van der Waals surface area contributed by atoms with Gasteiger partial charge in [-0.2, -0.15) is 0 Å². The molecule has 0 saturated heterocycles. The van der Waals surface area contributed by atoms with Crippen LogP contribution < -0.4 is 0 Å². The molecule has 1 aliphatic rings. The number of Topliss-reactive ketones (excluding diaryl/α,β-unsaturated/α-hetero) is 1. The smallest absolute Gasteiger partial charge is 0.158 e. The van der Waals surface area contributed by atoms with Gasteiger partial charge in [-0.15, -0.1) is 0 Å². The van der Waals surface area contributed by atoms with Gasteiger partial charge in [0.25, 0.3) is 0 Å². The SMILES string of the molecule is CCC1CCCC(OC(C)C(C)=O)C1. The van der Waals surface area contributed by atoms with Crippen LogP contribution in [0.1, 0.15) is 52.9 Å². The van der Waals surface area contributed by atoms with Crippen molar-refractivity contribution in [3.05, 3.63) is 0 Å². The Labute approximate surface area is 87.0 Å². The van der Waals surface area contributed by atoms with E-state index >= 15 is 0 Å². The van der Waals surface area contributed by atoms with E-state index in [1.165, 1.54) is 19.3 Å². The molecule has 0 bridgehead atoms. The number of hydrogen-bond donors (Lipinski definition) is 0. The second kappa shape index (κ2) is 5.50. The molecule has 3 unspecified atom stereocenters. The predicted octanol–water partition coefficient (Wildman–Crippen LogP) is 2.95. The van der Waals surface area contributed by atoms with E-state index in [4.69, 9.17) is 4.74 Å². The molecule has 2 nitrogen and oxygen atoms in total. The van der Waals surface area contributed by atoms with Gasteiger partial charge in [-0.05, 0) is 32.6 Å². The Kier molecular flexibility index (Phi) is 4.59. The van der Waals surface area contributed by atoms with Crippen LogP contribution in [-0.2, 0) is 9.53 Å². The molecule has 14 heavy (non-hydrogen) atoms. The molecule has 3 atom stereocenters. The summed E-state index contributed by atoms with van der Waals surface area (Å²) < 4.78 is 5.74. The lowest BCUT2D eigenvalue weighted by Gasteiger charge is -2.30. The van der Waals surface area contributed by atoms with E-state index in [2.05, 4.69) is 6.92 Å². The monoisotopic (exact) mass is 198 g/mol. The largest absolute Gasteiger partial charge is 0.368 e. The fourth-order valence-corrected chi connectivity index (χ4v) is 2.12. The minimum absolute atomic E-state index is 0.142. The molecule has 0 aromatic rings. The summed E-state index contributed by atoms with van der Waals surface area (Å²) >= 11 is 0. The van der Waals surface area contributed by atoms with Crippen LogP contribution in [0.4, 0.5) is 0 Å². The highest BCUT2D eigenvalue weighted by Crippen LogP contribution is 2.28. The van der Waals surface area contributed by atoms with E-state index in [9.17, 15) is 4.79 Å². The van der Waals surface area contributed by atoms with Crippen molar-refractivity contribution in [3.8, 4) is 0 Å². The molecule has 0 spiro atoms. The minimum atomic E-state index is -0.212. The molecular formula is C12H22O2. The summed E-state index contributed by atoms with van der Waals surface area (Å²) in [4.78, 5) is 11.0. The van der Waals surface area contributed by atoms with Crippen LogP contribution in [0.15, 0.2) is 0 Å². The Hall–Kier alpha value is -0.370. The standard InChI is InChI=1S/C12H22O2/c1-4-11-6-5-7-12(8-11)14-10(3)9(2)13/h10-12H,4-8H2,1-3H3. The van der Waals surface area contributed by atoms with Crippen molar-refractivity contribution in [2.45, 2.75) is 65.1 Å². The zero-order valence-electron chi connectivity index (χ0n) is 9.58. The Morgan fingerprint density at radius 2 is 2.21 bits per heavy atom. The fourth-order valence-electron chi connectivity index (χ4n) is 2.12. The van der Waals surface area contributed by atoms with E-state index in [0.717, 1.165) is 18.8 Å². The third-order valence-corrected chi connectivity index (χ3v) is 3.28. The van der Waals surface area contributed by atoms with Crippen molar-refractivity contribution < 1.29 is 9.53 Å². The normalized spacial score (nSPS) is 29.9. The Morgan fingerprint density at radius 1 is 1.50 bits per heavy atom. The summed E-state index contributed by atoms with van der Waals surface area (Å²) in [5.74, 6) is 0.955. The number of ether oxygens (including phenoxy) is 1. The van der Waals surface area contributed by atoms with Crippen LogP contribution in [-0.4, -0.2) is 18.0 Å². The Bertz CT molecular complexity index is 189. The van der Waals surface area contributed by atoms with Gasteiger partial charge in [0.1, 0.15) is 6.10 Å². The van der Waals surface area contributed by atoms with Crippen molar-refractivity contribution in [2.24, 2.45) is 5.92 Å². The lowest BCUT2D eigenvalue weighted by molar-refractivity contribution is -0.132. The molecule has 1 rings (SSSR count). The molecule has 1 aliphatic carbocycles. The van der Waals surface area contributed by atoms with Gasteiger partial charge in [-0.1, -0.05) is 26.2 Å². The van der Waals surface area contributed by atoms with Crippen molar-refractivity contribution >= 4 is 5.78 Å². The second-order valence-corrected chi connectivity index (χ2v) is 4.45. The molecule has 0 radical (unpaired) electrons. The first-order valence-electron chi connectivity index (χ1n) is 5.79. The third-order valence-electron chi connectivity index (χ3n) is 3.28. The molecule has 0 N–H and O–H groups in total. The van der Waals surface area contributed by atoms with Gasteiger partial charge >= 0.3 is 0 Å². The maximum Gasteiger partial charge on any atom is 0.158 e. The number of carbonyl (C=O) groups excluding carboxylic acids is 1. The van der Waals surface area contributed by atoms with E-state index < -0.39 is 0 Å². The van der Waals surface area contributed by atoms with Gasteiger partial charge in [0.2, 0.25) is 0 Å². The zero-order valence-corrected chi connectivity index (χ0v) is 9.58. The molecule has 1 saturated carbocycles. The third kappa shape index (κ3) is 3.41. The van der Waals surface area contributed by atoms with Crippen molar-refractivity contribution in [3.63, 3.8) is 0 Å². The summed E-state index contributed by atoms with van der Waals surface area (Å²) in [6, 6.07) is 0. The fraction of sp³-hybridized carbons (Fsp3) is 0.917. The minimum Gasteiger partial charge on any atom is -0.368 e. The lowest BCUT2D eigenvalue weighted by atomic mass is 9.85. The van der Waals surface area contributed by atoms with E-state index in [-0.39, 0.29) is 11.9 Å². The maximum atomic E-state index is 11.0. The van der Waals surface area contributed by atoms with Crippen molar-refractivity contribution in [1.82, 2.24) is 0 Å². The predicted molar refractivity (Wildman–Crippen MR) is 57.3 cm³/mol. The average molecular weight is 198 g/mol. The molecule has 1 fully saturated rings. The molecule has 0 amide bonds. The summed E-state index contributed by atoms with van der Waals surface area (Å²) in [5.41, 5.74) is 0. The first-order valence-corrected chi connectivity index (χ1v) is 5.79. The quantitative estimate of drug-likeness (QED) is 0.694. The molecule has 2 heteroatoms. The molecule has 82 valence electrons. The van der Waals surface area contributed by atoms with Crippen LogP contribution in [0.2, 0.25) is 0 Å². The van der Waals surface area contributed by atoms with Gasteiger partial charge in [0, 0.05) is 0 Å². The molecule has 0 heterocycles. The highest BCUT2D eigenvalue weighted by atomic mass is 16.5. The zero-order chi connectivity index (χ0) is 10.6. The van der Waals surface area contributed by atoms with Crippen LogP contribution >= 0.6 is 0 Å². The van der Waals surface area contributed by atoms with Crippen molar-refractivity contribution in [2.75, 3.05) is 0 Å². The molecule has 0 aromatic heterocycles. The number of rotatable bonds is 4. The summed E-state index contributed by atoms with van der Waals surface area (Å²) in [6.07, 6.45) is 6.23. The van der Waals surface area contributed by atoms with E-state index in [1.54, 1.807) is 6.92 Å². The topological polar surface area (TPSA) is 26.3 Å². The van der Waals surface area contributed by atoms with Gasteiger partial charge in [0.15, 0.2) is 5.78 Å². The molecule has 0 aromatic carbocycles. The summed E-state index contributed by atoms with van der Waals surface area (Å²) in [7, 11) is 0. The van der Waals surface area contributed by atoms with Crippen LogP contribution in [0.25, 0.3) is 0 Å². The van der Waals surface area contributed by atoms with Crippen molar-refractivity contribution in [1.29, 1.82) is 0 Å². The number of carbonyl (C=O) groups is 1. The molecular weight excluding hydrogens is 176 g/mol. The first kappa shape index (κ1) is 11.7. The highest BCUT2D eigenvalue weighted by molar-refractivity contribution is 5.79. The Morgan fingerprint density at radius 3 is 2.79 bits per heavy atom. The van der Waals surface area contributed by atoms with E-state index in [1.807, 2.05) is 6.92 Å². The summed E-state index contributed by atoms with van der Waals surface area (Å²) in [5, 5.41) is 0. The van der Waals surface area contributed by atoms with Gasteiger partial charge < -0.3 is 4.74 Å². The van der Waals surface area contributed by atoms with E-state index in [0.29, 0.717) is 6.10 Å². The van der Waals surface area contributed by atoms with Gasteiger partial charge in [0.05, 0.1) is 6.10 Å². The maximum absolute atomic E-state index is 11.0. The first-order chi connectivity index (χ1) is 6.63. The lowest BCUT2D eigenvalue weighted by Crippen LogP contribution is -2.29. The van der Waals surface area contributed by atoms with Gasteiger partial charge in [-0.25, -0.2) is 0 Å². The Balaban J connectivity index is 2.33. The van der Waals surface area contributed by atoms with Crippen LogP contribution in [0, 0.1) is 5.92 Å². The summed E-state index contributed by atoms with van der Waals surface area (Å²) in [6.45, 7) is 5.70. The van der Waals surface area contributed by atoms with Crippen LogP contribution in [0.3, 0.4) is 0 Å². The second-order valence-electron chi connectivity index (χ2n) is 4.45. The average Bonchev–Trinajstić information content (AvgIpc) is 2.18. The highest BCUT2D eigenvalue weighted by Gasteiger charge is 2.23. The van der Waals surface area contributed by atoms with Crippen LogP contribution in [0.5, 0.6) is 0 Å². The number of hydrogen-bond acceptors (Lipinski definition) is 2. The molecule has 0 aliphatic heterocycles.